The molecule has 0 bridgehead atoms. The van der Waals surface area contributed by atoms with Crippen molar-refractivity contribution in [1.82, 2.24) is 5.32 Å². The molecule has 0 atom stereocenters. The normalized spacial score (nSPS) is 17.6. The highest BCUT2D eigenvalue weighted by Gasteiger charge is 2.08. The van der Waals surface area contributed by atoms with Gasteiger partial charge in [-0.2, -0.15) is 0 Å². The first-order valence-electron chi connectivity index (χ1n) is 4.32. The predicted octanol–water partition coefficient (Wildman–Crippen LogP) is 2.43. The molecule has 1 N–H and O–H groups in total. The van der Waals surface area contributed by atoms with Crippen LogP contribution in [0.25, 0.3) is 5.57 Å². The zero-order valence-electron chi connectivity index (χ0n) is 7.26. The first-order chi connectivity index (χ1) is 5.88. The van der Waals surface area contributed by atoms with E-state index in [1.54, 1.807) is 0 Å². The summed E-state index contributed by atoms with van der Waals surface area (Å²) >= 11 is 1.84. The van der Waals surface area contributed by atoms with Crippen LogP contribution in [-0.4, -0.2) is 13.1 Å². The van der Waals surface area contributed by atoms with Crippen molar-refractivity contribution >= 4 is 16.9 Å². The van der Waals surface area contributed by atoms with Gasteiger partial charge in [-0.05, 0) is 42.5 Å². The molecule has 0 radical (unpaired) electrons. The molecule has 1 aliphatic heterocycles. The van der Waals surface area contributed by atoms with E-state index >= 15 is 0 Å². The Labute approximate surface area is 77.1 Å². The van der Waals surface area contributed by atoms with Gasteiger partial charge in [0.05, 0.1) is 0 Å². The molecule has 0 aliphatic carbocycles. The first-order valence-corrected chi connectivity index (χ1v) is 5.20. The fraction of sp³-hybridized carbons (Fsp3) is 0.400. The molecule has 0 aromatic carbocycles. The molecule has 1 aromatic rings. The first kappa shape index (κ1) is 8.02. The smallest absolute Gasteiger partial charge is 0.0140 e. The highest BCUT2D eigenvalue weighted by molar-refractivity contribution is 7.10. The van der Waals surface area contributed by atoms with Crippen LogP contribution in [-0.2, 0) is 0 Å². The number of nitrogens with one attached hydrogen (secondary N) is 1. The molecule has 1 aliphatic rings. The Morgan fingerprint density at radius 2 is 2.42 bits per heavy atom. The second-order valence-corrected chi connectivity index (χ2v) is 4.19. The fourth-order valence-corrected chi connectivity index (χ4v) is 2.32. The maximum Gasteiger partial charge on any atom is 0.0140 e. The third-order valence-electron chi connectivity index (χ3n) is 2.27. The summed E-state index contributed by atoms with van der Waals surface area (Å²) in [7, 11) is 0. The lowest BCUT2D eigenvalue weighted by molar-refractivity contribution is 0.738. The summed E-state index contributed by atoms with van der Waals surface area (Å²) < 4.78 is 0. The molecule has 0 saturated carbocycles. The quantitative estimate of drug-likeness (QED) is 0.698. The maximum atomic E-state index is 3.32. The molecule has 1 aromatic heterocycles. The van der Waals surface area contributed by atoms with Crippen molar-refractivity contribution in [2.75, 3.05) is 13.1 Å². The molecule has 64 valence electrons. The molecular formula is C10H13NS. The van der Waals surface area contributed by atoms with E-state index in [4.69, 9.17) is 0 Å². The van der Waals surface area contributed by atoms with Gasteiger partial charge in [0.2, 0.25) is 0 Å². The van der Waals surface area contributed by atoms with Gasteiger partial charge in [-0.1, -0.05) is 6.08 Å². The van der Waals surface area contributed by atoms with Gasteiger partial charge in [0.15, 0.2) is 0 Å². The molecule has 0 fully saturated rings. The second-order valence-electron chi connectivity index (χ2n) is 3.07. The van der Waals surface area contributed by atoms with Crippen molar-refractivity contribution in [3.8, 4) is 0 Å². The van der Waals surface area contributed by atoms with Crippen LogP contribution >= 0.6 is 11.3 Å². The topological polar surface area (TPSA) is 12.0 Å². The average molecular weight is 179 g/mol. The van der Waals surface area contributed by atoms with Crippen LogP contribution in [0.5, 0.6) is 0 Å². The van der Waals surface area contributed by atoms with Crippen LogP contribution in [0, 0.1) is 6.92 Å². The van der Waals surface area contributed by atoms with E-state index in [0.717, 1.165) is 13.1 Å². The Morgan fingerprint density at radius 3 is 3.00 bits per heavy atom. The van der Waals surface area contributed by atoms with E-state index in [0.29, 0.717) is 0 Å². The van der Waals surface area contributed by atoms with Crippen molar-refractivity contribution in [2.45, 2.75) is 13.3 Å². The van der Waals surface area contributed by atoms with Gasteiger partial charge in [0, 0.05) is 11.4 Å². The van der Waals surface area contributed by atoms with E-state index in [2.05, 4.69) is 29.8 Å². The molecule has 0 amide bonds. The summed E-state index contributed by atoms with van der Waals surface area (Å²) in [5.41, 5.74) is 2.98. The number of hydrogen-bond acceptors (Lipinski definition) is 2. The highest BCUT2D eigenvalue weighted by Crippen LogP contribution is 2.26. The van der Waals surface area contributed by atoms with Crippen LogP contribution in [0.1, 0.15) is 16.9 Å². The van der Waals surface area contributed by atoms with E-state index < -0.39 is 0 Å². The van der Waals surface area contributed by atoms with Crippen molar-refractivity contribution in [3.05, 3.63) is 28.0 Å². The number of thiophene rings is 1. The lowest BCUT2D eigenvalue weighted by atomic mass is 10.0. The molecule has 1 nitrogen and oxygen atoms in total. The largest absolute Gasteiger partial charge is 0.313 e. The summed E-state index contributed by atoms with van der Waals surface area (Å²) in [5.74, 6) is 0. The van der Waals surface area contributed by atoms with Gasteiger partial charge in [-0.15, -0.1) is 11.3 Å². The van der Waals surface area contributed by atoms with Crippen LogP contribution < -0.4 is 5.32 Å². The molecule has 0 saturated heterocycles. The standard InChI is InChI=1S/C10H13NS/c1-8-10(4-7-12-8)9-2-5-11-6-3-9/h2,4,7,11H,3,5-6H2,1H3. The SMILES string of the molecule is Cc1sccc1C1=CCNCC1. The lowest BCUT2D eigenvalue weighted by Gasteiger charge is -2.13. The highest BCUT2D eigenvalue weighted by atomic mass is 32.1. The molecule has 12 heavy (non-hydrogen) atoms. The van der Waals surface area contributed by atoms with Crippen molar-refractivity contribution in [2.24, 2.45) is 0 Å². The fourth-order valence-electron chi connectivity index (χ4n) is 1.59. The Morgan fingerprint density at radius 1 is 1.50 bits per heavy atom. The van der Waals surface area contributed by atoms with Crippen LogP contribution in [0.15, 0.2) is 17.5 Å². The Bertz CT molecular complexity index is 299. The minimum absolute atomic E-state index is 1.03. The summed E-state index contributed by atoms with van der Waals surface area (Å²) in [6.07, 6.45) is 3.48. The Kier molecular flexibility index (Phi) is 2.28. The number of hydrogen-bond donors (Lipinski definition) is 1. The lowest BCUT2D eigenvalue weighted by Crippen LogP contribution is -2.20. The van der Waals surface area contributed by atoms with Crippen molar-refractivity contribution in [1.29, 1.82) is 0 Å². The monoisotopic (exact) mass is 179 g/mol. The molecule has 2 rings (SSSR count). The summed E-state index contributed by atoms with van der Waals surface area (Å²) in [6.45, 7) is 4.36. The Hall–Kier alpha value is -0.600. The van der Waals surface area contributed by atoms with Gasteiger partial charge in [-0.3, -0.25) is 0 Å². The van der Waals surface area contributed by atoms with Crippen molar-refractivity contribution < 1.29 is 0 Å². The van der Waals surface area contributed by atoms with Crippen LogP contribution in [0.4, 0.5) is 0 Å². The van der Waals surface area contributed by atoms with E-state index in [1.165, 1.54) is 22.4 Å². The molecular weight excluding hydrogens is 166 g/mol. The zero-order chi connectivity index (χ0) is 8.39. The minimum Gasteiger partial charge on any atom is -0.313 e. The van der Waals surface area contributed by atoms with Gasteiger partial charge in [0.1, 0.15) is 0 Å². The molecule has 0 spiro atoms. The van der Waals surface area contributed by atoms with Crippen molar-refractivity contribution in [3.63, 3.8) is 0 Å². The number of rotatable bonds is 1. The third kappa shape index (κ3) is 1.45. The van der Waals surface area contributed by atoms with Gasteiger partial charge in [-0.25, -0.2) is 0 Å². The summed E-state index contributed by atoms with van der Waals surface area (Å²) in [5, 5.41) is 5.50. The summed E-state index contributed by atoms with van der Waals surface area (Å²) in [4.78, 5) is 1.45. The van der Waals surface area contributed by atoms with E-state index in [-0.39, 0.29) is 0 Å². The van der Waals surface area contributed by atoms with Crippen LogP contribution in [0.3, 0.4) is 0 Å². The minimum atomic E-state index is 1.03. The predicted molar refractivity (Wildman–Crippen MR) is 54.5 cm³/mol. The second kappa shape index (κ2) is 3.42. The maximum absolute atomic E-state index is 3.32. The Balaban J connectivity index is 2.29. The van der Waals surface area contributed by atoms with Gasteiger partial charge in [0.25, 0.3) is 0 Å². The van der Waals surface area contributed by atoms with E-state index in [1.807, 2.05) is 11.3 Å². The van der Waals surface area contributed by atoms with E-state index in [9.17, 15) is 0 Å². The number of aryl methyl sites for hydroxylation is 1. The third-order valence-corrected chi connectivity index (χ3v) is 3.11. The zero-order valence-corrected chi connectivity index (χ0v) is 8.08. The van der Waals surface area contributed by atoms with Gasteiger partial charge < -0.3 is 5.32 Å². The van der Waals surface area contributed by atoms with Gasteiger partial charge >= 0.3 is 0 Å². The average Bonchev–Trinajstić information content (AvgIpc) is 2.53. The molecule has 2 heteroatoms. The molecule has 0 unspecified atom stereocenters. The molecule has 2 heterocycles. The summed E-state index contributed by atoms with van der Waals surface area (Å²) in [6, 6.07) is 2.23. The van der Waals surface area contributed by atoms with Crippen LogP contribution in [0.2, 0.25) is 0 Å².